The Morgan fingerprint density at radius 3 is 2.59 bits per heavy atom. The number of hydrogen-bond acceptors (Lipinski definition) is 4. The van der Waals surface area contributed by atoms with Crippen LogP contribution in [0.4, 0.5) is 0 Å². The van der Waals surface area contributed by atoms with Crippen LogP contribution in [-0.2, 0) is 14.6 Å². The van der Waals surface area contributed by atoms with Gasteiger partial charge in [0.1, 0.15) is 0 Å². The SMILES string of the molecule is O=C(CC1CCCNC1)N1CCS(=O)(=O)CC1. The van der Waals surface area contributed by atoms with E-state index in [1.54, 1.807) is 4.90 Å². The summed E-state index contributed by atoms with van der Waals surface area (Å²) in [6.07, 6.45) is 2.80. The van der Waals surface area contributed by atoms with Crippen LogP contribution in [0.15, 0.2) is 0 Å². The first kappa shape index (κ1) is 12.8. The first-order valence-corrected chi connectivity index (χ1v) is 8.08. The summed E-state index contributed by atoms with van der Waals surface area (Å²) in [5.41, 5.74) is 0. The van der Waals surface area contributed by atoms with Gasteiger partial charge in [-0.2, -0.15) is 0 Å². The number of hydrogen-bond donors (Lipinski definition) is 1. The molecule has 0 spiro atoms. The van der Waals surface area contributed by atoms with E-state index in [4.69, 9.17) is 0 Å². The van der Waals surface area contributed by atoms with E-state index in [0.717, 1.165) is 25.9 Å². The molecular weight excluding hydrogens is 240 g/mol. The third-order valence-corrected chi connectivity index (χ3v) is 5.17. The molecule has 6 heteroatoms. The van der Waals surface area contributed by atoms with Gasteiger partial charge in [0, 0.05) is 19.5 Å². The molecule has 2 rings (SSSR count). The van der Waals surface area contributed by atoms with E-state index in [9.17, 15) is 13.2 Å². The Balaban J connectivity index is 1.80. The van der Waals surface area contributed by atoms with Crippen molar-refractivity contribution in [3.8, 4) is 0 Å². The molecule has 2 fully saturated rings. The van der Waals surface area contributed by atoms with Gasteiger partial charge in [-0.25, -0.2) is 8.42 Å². The zero-order valence-electron chi connectivity index (χ0n) is 10.0. The van der Waals surface area contributed by atoms with Crippen molar-refractivity contribution in [1.82, 2.24) is 10.2 Å². The number of piperidine rings is 1. The van der Waals surface area contributed by atoms with E-state index in [-0.39, 0.29) is 17.4 Å². The fourth-order valence-corrected chi connectivity index (χ4v) is 3.64. The van der Waals surface area contributed by atoms with Gasteiger partial charge in [0.25, 0.3) is 0 Å². The highest BCUT2D eigenvalue weighted by atomic mass is 32.2. The molecule has 1 unspecified atom stereocenters. The average molecular weight is 260 g/mol. The molecule has 1 atom stereocenters. The Morgan fingerprint density at radius 2 is 2.00 bits per heavy atom. The van der Waals surface area contributed by atoms with Crippen LogP contribution in [0, 0.1) is 5.92 Å². The average Bonchev–Trinajstić information content (AvgIpc) is 2.30. The number of sulfone groups is 1. The van der Waals surface area contributed by atoms with Crippen molar-refractivity contribution in [2.45, 2.75) is 19.3 Å². The topological polar surface area (TPSA) is 66.5 Å². The van der Waals surface area contributed by atoms with Gasteiger partial charge in [0.2, 0.25) is 5.91 Å². The van der Waals surface area contributed by atoms with E-state index in [1.807, 2.05) is 0 Å². The van der Waals surface area contributed by atoms with Gasteiger partial charge in [0.15, 0.2) is 9.84 Å². The van der Waals surface area contributed by atoms with E-state index < -0.39 is 9.84 Å². The zero-order chi connectivity index (χ0) is 12.3. The Hall–Kier alpha value is -0.620. The lowest BCUT2D eigenvalue weighted by Crippen LogP contribution is -2.45. The molecule has 0 aromatic carbocycles. The standard InChI is InChI=1S/C11H20N2O3S/c14-11(8-10-2-1-3-12-9-10)13-4-6-17(15,16)7-5-13/h10,12H,1-9H2. The maximum absolute atomic E-state index is 12.0. The smallest absolute Gasteiger partial charge is 0.222 e. The minimum Gasteiger partial charge on any atom is -0.341 e. The maximum atomic E-state index is 12.0. The molecule has 0 saturated carbocycles. The Labute approximate surface area is 102 Å². The minimum atomic E-state index is -2.89. The molecule has 1 N–H and O–H groups in total. The molecule has 2 saturated heterocycles. The highest BCUT2D eigenvalue weighted by molar-refractivity contribution is 7.91. The van der Waals surface area contributed by atoms with Crippen molar-refractivity contribution >= 4 is 15.7 Å². The summed E-state index contributed by atoms with van der Waals surface area (Å²) in [5.74, 6) is 0.798. The molecule has 17 heavy (non-hydrogen) atoms. The lowest BCUT2D eigenvalue weighted by molar-refractivity contribution is -0.132. The Morgan fingerprint density at radius 1 is 1.29 bits per heavy atom. The monoisotopic (exact) mass is 260 g/mol. The molecule has 2 aliphatic heterocycles. The van der Waals surface area contributed by atoms with E-state index in [2.05, 4.69) is 5.32 Å². The molecule has 2 aliphatic rings. The fourth-order valence-electron chi connectivity index (χ4n) is 2.44. The molecule has 2 heterocycles. The van der Waals surface area contributed by atoms with Crippen molar-refractivity contribution in [2.75, 3.05) is 37.7 Å². The van der Waals surface area contributed by atoms with Crippen LogP contribution < -0.4 is 5.32 Å². The summed E-state index contributed by atoms with van der Waals surface area (Å²) in [5, 5.41) is 3.29. The molecule has 0 aromatic rings. The summed E-state index contributed by atoms with van der Waals surface area (Å²) in [7, 11) is -2.89. The summed E-state index contributed by atoms with van der Waals surface area (Å²) in [6.45, 7) is 2.72. The number of amides is 1. The number of rotatable bonds is 2. The molecule has 0 aliphatic carbocycles. The van der Waals surface area contributed by atoms with Gasteiger partial charge in [-0.05, 0) is 31.8 Å². The molecule has 0 radical (unpaired) electrons. The number of carbonyl (C=O) groups excluding carboxylic acids is 1. The maximum Gasteiger partial charge on any atom is 0.222 e. The summed E-state index contributed by atoms with van der Waals surface area (Å²) in [4.78, 5) is 13.7. The second-order valence-corrected chi connectivity index (χ2v) is 7.25. The molecule has 1 amide bonds. The zero-order valence-corrected chi connectivity index (χ0v) is 10.8. The van der Waals surface area contributed by atoms with Gasteiger partial charge < -0.3 is 10.2 Å². The van der Waals surface area contributed by atoms with Gasteiger partial charge in [-0.15, -0.1) is 0 Å². The molecule has 5 nitrogen and oxygen atoms in total. The van der Waals surface area contributed by atoms with Crippen molar-refractivity contribution < 1.29 is 13.2 Å². The third kappa shape index (κ3) is 3.67. The molecule has 0 aromatic heterocycles. The molecule has 0 bridgehead atoms. The van der Waals surface area contributed by atoms with Crippen LogP contribution in [0.2, 0.25) is 0 Å². The Kier molecular flexibility index (Phi) is 4.04. The summed E-state index contributed by atoms with van der Waals surface area (Å²) < 4.78 is 22.5. The summed E-state index contributed by atoms with van der Waals surface area (Å²) >= 11 is 0. The fraction of sp³-hybridized carbons (Fsp3) is 0.909. The largest absolute Gasteiger partial charge is 0.341 e. The van der Waals surface area contributed by atoms with E-state index >= 15 is 0 Å². The lowest BCUT2D eigenvalue weighted by Gasteiger charge is -2.29. The van der Waals surface area contributed by atoms with Crippen molar-refractivity contribution in [3.05, 3.63) is 0 Å². The van der Waals surface area contributed by atoms with Gasteiger partial charge in [0.05, 0.1) is 11.5 Å². The number of carbonyl (C=O) groups is 1. The molecular formula is C11H20N2O3S. The number of nitrogens with one attached hydrogen (secondary N) is 1. The lowest BCUT2D eigenvalue weighted by atomic mass is 9.95. The number of nitrogens with zero attached hydrogens (tertiary/aromatic N) is 1. The molecule has 98 valence electrons. The normalized spacial score (nSPS) is 28.9. The van der Waals surface area contributed by atoms with Gasteiger partial charge >= 0.3 is 0 Å². The quantitative estimate of drug-likeness (QED) is 0.736. The van der Waals surface area contributed by atoms with E-state index in [1.165, 1.54) is 0 Å². The highest BCUT2D eigenvalue weighted by Gasteiger charge is 2.26. The van der Waals surface area contributed by atoms with Crippen LogP contribution in [0.3, 0.4) is 0 Å². The summed E-state index contributed by atoms with van der Waals surface area (Å²) in [6, 6.07) is 0. The van der Waals surface area contributed by atoms with Gasteiger partial charge in [-0.3, -0.25) is 4.79 Å². The van der Waals surface area contributed by atoms with Crippen molar-refractivity contribution in [1.29, 1.82) is 0 Å². The van der Waals surface area contributed by atoms with Gasteiger partial charge in [-0.1, -0.05) is 0 Å². The van der Waals surface area contributed by atoms with Crippen LogP contribution >= 0.6 is 0 Å². The van der Waals surface area contributed by atoms with Crippen LogP contribution in [0.5, 0.6) is 0 Å². The van der Waals surface area contributed by atoms with Crippen LogP contribution in [0.1, 0.15) is 19.3 Å². The first-order valence-electron chi connectivity index (χ1n) is 6.26. The second kappa shape index (κ2) is 5.35. The Bertz CT molecular complexity index is 360. The van der Waals surface area contributed by atoms with Crippen LogP contribution in [-0.4, -0.2) is 56.9 Å². The van der Waals surface area contributed by atoms with Crippen molar-refractivity contribution in [2.24, 2.45) is 5.92 Å². The first-order chi connectivity index (χ1) is 8.07. The predicted octanol–water partition coefficient (Wildman–Crippen LogP) is -0.367. The second-order valence-electron chi connectivity index (χ2n) is 4.95. The van der Waals surface area contributed by atoms with Crippen molar-refractivity contribution in [3.63, 3.8) is 0 Å². The predicted molar refractivity (Wildman–Crippen MR) is 65.4 cm³/mol. The van der Waals surface area contributed by atoms with Crippen LogP contribution in [0.25, 0.3) is 0 Å². The third-order valence-electron chi connectivity index (χ3n) is 3.56. The van der Waals surface area contributed by atoms with E-state index in [0.29, 0.717) is 25.4 Å². The minimum absolute atomic E-state index is 0.119. The highest BCUT2D eigenvalue weighted by Crippen LogP contribution is 2.16.